The number of cyclic esters (lactones) is 1. The van der Waals surface area contributed by atoms with E-state index in [0.717, 1.165) is 11.1 Å². The highest BCUT2D eigenvalue weighted by atomic mass is 16.6. The Bertz CT molecular complexity index is 692. The fourth-order valence-corrected chi connectivity index (χ4v) is 4.00. The van der Waals surface area contributed by atoms with Gasteiger partial charge in [0.25, 0.3) is 0 Å². The second-order valence-electron chi connectivity index (χ2n) is 8.07. The zero-order chi connectivity index (χ0) is 18.2. The third kappa shape index (κ3) is 2.82. The molecule has 0 saturated carbocycles. The van der Waals surface area contributed by atoms with E-state index >= 15 is 0 Å². The molecule has 0 aromatic heterocycles. The molecule has 0 N–H and O–H groups in total. The Hall–Kier alpha value is -2.29. The van der Waals surface area contributed by atoms with Gasteiger partial charge in [-0.25, -0.2) is 4.79 Å². The van der Waals surface area contributed by atoms with E-state index in [2.05, 4.69) is 58.9 Å². The van der Waals surface area contributed by atoms with Crippen molar-refractivity contribution in [1.29, 1.82) is 0 Å². The molecule has 1 fully saturated rings. The number of hydrogen-bond acceptors (Lipinski definition) is 2. The third-order valence-corrected chi connectivity index (χ3v) is 4.90. The summed E-state index contributed by atoms with van der Waals surface area (Å²) >= 11 is 0. The van der Waals surface area contributed by atoms with Crippen LogP contribution in [0.3, 0.4) is 0 Å². The Kier molecular flexibility index (Phi) is 4.36. The van der Waals surface area contributed by atoms with Crippen LogP contribution in [0.1, 0.15) is 45.7 Å². The van der Waals surface area contributed by atoms with E-state index in [9.17, 15) is 4.79 Å². The highest BCUT2D eigenvalue weighted by Crippen LogP contribution is 2.49. The lowest BCUT2D eigenvalue weighted by Crippen LogP contribution is -2.54. The number of amides is 1. The lowest BCUT2D eigenvalue weighted by atomic mass is 9.75. The molecule has 3 rings (SSSR count). The summed E-state index contributed by atoms with van der Waals surface area (Å²) in [5.74, 6) is 0.228. The van der Waals surface area contributed by atoms with Gasteiger partial charge < -0.3 is 4.74 Å². The average molecular weight is 337 g/mol. The quantitative estimate of drug-likeness (QED) is 0.770. The molecule has 1 unspecified atom stereocenters. The second kappa shape index (κ2) is 6.21. The minimum Gasteiger partial charge on any atom is -0.431 e. The average Bonchev–Trinajstić information content (AvgIpc) is 2.91. The van der Waals surface area contributed by atoms with Gasteiger partial charge in [0.15, 0.2) is 5.60 Å². The summed E-state index contributed by atoms with van der Waals surface area (Å²) < 4.78 is 6.22. The Labute approximate surface area is 150 Å². The predicted molar refractivity (Wildman–Crippen MR) is 100 cm³/mol. The topological polar surface area (TPSA) is 29.5 Å². The largest absolute Gasteiger partial charge is 0.431 e. The van der Waals surface area contributed by atoms with E-state index in [4.69, 9.17) is 4.74 Å². The molecule has 1 amide bonds. The van der Waals surface area contributed by atoms with Crippen molar-refractivity contribution in [1.82, 2.24) is 4.90 Å². The van der Waals surface area contributed by atoms with Crippen molar-refractivity contribution in [2.24, 2.45) is 5.92 Å². The molecule has 132 valence electrons. The third-order valence-electron chi connectivity index (χ3n) is 4.90. The van der Waals surface area contributed by atoms with Gasteiger partial charge in [0.2, 0.25) is 0 Å². The molecule has 2 aromatic carbocycles. The summed E-state index contributed by atoms with van der Waals surface area (Å²) in [6, 6.07) is 20.1. The molecule has 3 nitrogen and oxygen atoms in total. The van der Waals surface area contributed by atoms with Crippen LogP contribution in [-0.2, 0) is 10.3 Å². The molecule has 1 aliphatic rings. The maximum atomic E-state index is 13.0. The molecule has 1 aliphatic heterocycles. The SMILES string of the molecule is CC(C)C1N(C(C)(C)C)C(=O)OC1(c1ccccc1)c1ccccc1. The van der Waals surface area contributed by atoms with Crippen molar-refractivity contribution in [3.8, 4) is 0 Å². The summed E-state index contributed by atoms with van der Waals surface area (Å²) in [4.78, 5) is 14.9. The Balaban J connectivity index is 2.29. The number of ether oxygens (including phenoxy) is 1. The maximum Gasteiger partial charge on any atom is 0.411 e. The molecule has 25 heavy (non-hydrogen) atoms. The summed E-state index contributed by atoms with van der Waals surface area (Å²) in [5, 5.41) is 0. The van der Waals surface area contributed by atoms with Crippen molar-refractivity contribution < 1.29 is 9.53 Å². The second-order valence-corrected chi connectivity index (χ2v) is 8.07. The molecule has 1 heterocycles. The minimum atomic E-state index is -0.805. The van der Waals surface area contributed by atoms with Crippen LogP contribution in [0.2, 0.25) is 0 Å². The first-order chi connectivity index (χ1) is 11.8. The zero-order valence-electron chi connectivity index (χ0n) is 15.7. The smallest absolute Gasteiger partial charge is 0.411 e. The molecule has 0 bridgehead atoms. The van der Waals surface area contributed by atoms with E-state index in [1.54, 1.807) is 0 Å². The lowest BCUT2D eigenvalue weighted by molar-refractivity contribution is 0.0478. The normalized spacial score (nSPS) is 20.0. The van der Waals surface area contributed by atoms with Crippen LogP contribution in [0.5, 0.6) is 0 Å². The summed E-state index contributed by atoms with van der Waals surface area (Å²) in [7, 11) is 0. The van der Waals surface area contributed by atoms with Crippen molar-refractivity contribution >= 4 is 6.09 Å². The summed E-state index contributed by atoms with van der Waals surface area (Å²) in [6.07, 6.45) is -0.251. The van der Waals surface area contributed by atoms with E-state index in [0.29, 0.717) is 0 Å². The van der Waals surface area contributed by atoms with Gasteiger partial charge in [-0.3, -0.25) is 4.90 Å². The molecule has 3 heteroatoms. The van der Waals surface area contributed by atoms with Gasteiger partial charge in [-0.15, -0.1) is 0 Å². The summed E-state index contributed by atoms with van der Waals surface area (Å²) in [6.45, 7) is 10.5. The van der Waals surface area contributed by atoms with Gasteiger partial charge in [-0.2, -0.15) is 0 Å². The molecular weight excluding hydrogens is 310 g/mol. The van der Waals surface area contributed by atoms with E-state index in [-0.39, 0.29) is 23.6 Å². The Morgan fingerprint density at radius 3 is 1.72 bits per heavy atom. The first-order valence-electron chi connectivity index (χ1n) is 8.92. The maximum absolute atomic E-state index is 13.0. The van der Waals surface area contributed by atoms with E-state index in [1.165, 1.54) is 0 Å². The predicted octanol–water partition coefficient (Wildman–Crippen LogP) is 5.21. The molecule has 0 radical (unpaired) electrons. The van der Waals surface area contributed by atoms with Crippen LogP contribution in [0.4, 0.5) is 4.79 Å². The van der Waals surface area contributed by atoms with Crippen molar-refractivity contribution in [2.75, 3.05) is 0 Å². The van der Waals surface area contributed by atoms with Crippen LogP contribution in [0.15, 0.2) is 60.7 Å². The number of hydrogen-bond donors (Lipinski definition) is 0. The van der Waals surface area contributed by atoms with Crippen LogP contribution in [0.25, 0.3) is 0 Å². The summed E-state index contributed by atoms with van der Waals surface area (Å²) in [5.41, 5.74) is 0.901. The van der Waals surface area contributed by atoms with Gasteiger partial charge >= 0.3 is 6.09 Å². The number of carbonyl (C=O) groups excluding carboxylic acids is 1. The first kappa shape index (κ1) is 17.5. The number of benzene rings is 2. The van der Waals surface area contributed by atoms with Gasteiger partial charge in [0, 0.05) is 16.7 Å². The minimum absolute atomic E-state index is 0.0928. The van der Waals surface area contributed by atoms with Gasteiger partial charge in [-0.05, 0) is 26.7 Å². The number of carbonyl (C=O) groups is 1. The molecule has 0 aliphatic carbocycles. The fourth-order valence-electron chi connectivity index (χ4n) is 4.00. The van der Waals surface area contributed by atoms with E-state index < -0.39 is 5.60 Å². The van der Waals surface area contributed by atoms with Crippen LogP contribution < -0.4 is 0 Å². The van der Waals surface area contributed by atoms with Gasteiger partial charge in [0.05, 0.1) is 6.04 Å². The van der Waals surface area contributed by atoms with Crippen molar-refractivity contribution in [3.63, 3.8) is 0 Å². The standard InChI is InChI=1S/C22H27NO2/c1-16(2)19-22(17-12-8-6-9-13-17,18-14-10-7-11-15-18)25-20(24)23(19)21(3,4)5/h6-16,19H,1-5H3. The van der Waals surface area contributed by atoms with Gasteiger partial charge in [-0.1, -0.05) is 74.5 Å². The molecular formula is C22H27NO2. The van der Waals surface area contributed by atoms with Crippen molar-refractivity contribution in [2.45, 2.75) is 51.8 Å². The Morgan fingerprint density at radius 2 is 1.36 bits per heavy atom. The van der Waals surface area contributed by atoms with Crippen LogP contribution in [0, 0.1) is 5.92 Å². The van der Waals surface area contributed by atoms with Crippen molar-refractivity contribution in [3.05, 3.63) is 71.8 Å². The van der Waals surface area contributed by atoms with Crippen LogP contribution in [-0.4, -0.2) is 22.6 Å². The highest BCUT2D eigenvalue weighted by Gasteiger charge is 2.59. The van der Waals surface area contributed by atoms with E-state index in [1.807, 2.05) is 41.3 Å². The molecule has 1 atom stereocenters. The monoisotopic (exact) mass is 337 g/mol. The molecule has 2 aromatic rings. The Morgan fingerprint density at radius 1 is 0.920 bits per heavy atom. The molecule has 1 saturated heterocycles. The number of nitrogens with zero attached hydrogens (tertiary/aromatic N) is 1. The number of rotatable bonds is 3. The first-order valence-corrected chi connectivity index (χ1v) is 8.92. The fraction of sp³-hybridized carbons (Fsp3) is 0.409. The zero-order valence-corrected chi connectivity index (χ0v) is 15.7. The molecule has 0 spiro atoms. The lowest BCUT2D eigenvalue weighted by Gasteiger charge is -2.42. The highest BCUT2D eigenvalue weighted by molar-refractivity contribution is 5.74. The van der Waals surface area contributed by atoms with Crippen LogP contribution >= 0.6 is 0 Å². The van der Waals surface area contributed by atoms with Gasteiger partial charge in [0.1, 0.15) is 0 Å².